The Kier molecular flexibility index (Phi) is 8.08. The highest BCUT2D eigenvalue weighted by atomic mass is 15.1. The third kappa shape index (κ3) is 5.48. The van der Waals surface area contributed by atoms with Crippen molar-refractivity contribution in [3.8, 4) is 0 Å². The standard InChI is InChI=1S/C54H42N2/c1-35-23-29-51(37(3)31-35)55(39-15-7-5-8-16-39)41-25-27-47-49(33-41)43-19-11-13-21-45(43)54-48-28-26-42(34-50(48)44-20-12-14-22-46(44)53(47)54)56(40-17-9-6-10-18-40)52-30-24-36(2)32-38(52)4/h5-34H,1-4H3. The summed E-state index contributed by atoms with van der Waals surface area (Å²) in [6.45, 7) is 8.75. The fraction of sp³-hybridized carbons (Fsp3) is 0.0741. The summed E-state index contributed by atoms with van der Waals surface area (Å²) in [5.74, 6) is 0. The molecule has 10 aromatic rings. The molecule has 2 nitrogen and oxygen atoms in total. The molecular formula is C54H42N2. The lowest BCUT2D eigenvalue weighted by Crippen LogP contribution is -2.11. The van der Waals surface area contributed by atoms with Crippen LogP contribution in [0.5, 0.6) is 0 Å². The molecule has 0 heterocycles. The van der Waals surface area contributed by atoms with Gasteiger partial charge in [0.15, 0.2) is 0 Å². The van der Waals surface area contributed by atoms with E-state index in [1.165, 1.54) is 87.5 Å². The van der Waals surface area contributed by atoms with Crippen molar-refractivity contribution in [1.82, 2.24) is 0 Å². The van der Waals surface area contributed by atoms with E-state index in [9.17, 15) is 0 Å². The van der Waals surface area contributed by atoms with Crippen molar-refractivity contribution >= 4 is 88.0 Å². The molecule has 0 aliphatic rings. The molecule has 10 rings (SSSR count). The Labute approximate surface area is 328 Å². The van der Waals surface area contributed by atoms with E-state index in [4.69, 9.17) is 0 Å². The van der Waals surface area contributed by atoms with Crippen LogP contribution in [-0.4, -0.2) is 0 Å². The molecule has 0 fully saturated rings. The van der Waals surface area contributed by atoms with Crippen molar-refractivity contribution in [3.63, 3.8) is 0 Å². The van der Waals surface area contributed by atoms with Crippen molar-refractivity contribution in [2.45, 2.75) is 27.7 Å². The van der Waals surface area contributed by atoms with Crippen molar-refractivity contribution < 1.29 is 0 Å². The molecule has 0 aliphatic carbocycles. The fourth-order valence-corrected chi connectivity index (χ4v) is 9.05. The zero-order chi connectivity index (χ0) is 37.9. The lowest BCUT2D eigenvalue weighted by atomic mass is 9.87. The van der Waals surface area contributed by atoms with E-state index in [0.717, 1.165) is 22.7 Å². The van der Waals surface area contributed by atoms with E-state index in [0.29, 0.717) is 0 Å². The third-order valence-electron chi connectivity index (χ3n) is 11.5. The van der Waals surface area contributed by atoms with Crippen LogP contribution in [0, 0.1) is 27.7 Å². The summed E-state index contributed by atoms with van der Waals surface area (Å²) in [6, 6.07) is 67.1. The average molecular weight is 719 g/mol. The van der Waals surface area contributed by atoms with Crippen molar-refractivity contribution in [2.75, 3.05) is 9.80 Å². The normalized spacial score (nSPS) is 11.6. The van der Waals surface area contributed by atoms with Crippen molar-refractivity contribution in [3.05, 3.63) is 204 Å². The minimum absolute atomic E-state index is 1.14. The molecule has 268 valence electrons. The van der Waals surface area contributed by atoms with Crippen LogP contribution in [0.25, 0.3) is 53.9 Å². The molecule has 0 radical (unpaired) electrons. The fourth-order valence-electron chi connectivity index (χ4n) is 9.05. The summed E-state index contributed by atoms with van der Waals surface area (Å²) in [4.78, 5) is 4.81. The van der Waals surface area contributed by atoms with Crippen LogP contribution in [0.2, 0.25) is 0 Å². The largest absolute Gasteiger partial charge is 0.310 e. The molecule has 0 saturated carbocycles. The predicted molar refractivity (Wildman–Crippen MR) is 242 cm³/mol. The molecule has 0 atom stereocenters. The highest BCUT2D eigenvalue weighted by Gasteiger charge is 2.21. The Morgan fingerprint density at radius 1 is 0.268 bits per heavy atom. The number of rotatable bonds is 6. The highest BCUT2D eigenvalue weighted by molar-refractivity contribution is 6.39. The molecular weight excluding hydrogens is 677 g/mol. The van der Waals surface area contributed by atoms with Crippen LogP contribution in [0.15, 0.2) is 182 Å². The van der Waals surface area contributed by atoms with Crippen LogP contribution in [0.1, 0.15) is 22.3 Å². The van der Waals surface area contributed by atoms with E-state index in [1.807, 2.05) is 0 Å². The van der Waals surface area contributed by atoms with Gasteiger partial charge >= 0.3 is 0 Å². The number of para-hydroxylation sites is 2. The Morgan fingerprint density at radius 2 is 0.625 bits per heavy atom. The summed E-state index contributed by atoms with van der Waals surface area (Å²) in [6.07, 6.45) is 0. The molecule has 0 bridgehead atoms. The predicted octanol–water partition coefficient (Wildman–Crippen LogP) is 15.6. The van der Waals surface area contributed by atoms with E-state index >= 15 is 0 Å². The first-order chi connectivity index (χ1) is 27.4. The van der Waals surface area contributed by atoms with Crippen LogP contribution in [-0.2, 0) is 0 Å². The van der Waals surface area contributed by atoms with Gasteiger partial charge in [-0.15, -0.1) is 0 Å². The molecule has 56 heavy (non-hydrogen) atoms. The zero-order valence-corrected chi connectivity index (χ0v) is 32.2. The monoisotopic (exact) mass is 718 g/mol. The van der Waals surface area contributed by atoms with Gasteiger partial charge in [-0.3, -0.25) is 0 Å². The van der Waals surface area contributed by atoms with Gasteiger partial charge in [0.05, 0.1) is 0 Å². The van der Waals surface area contributed by atoms with Gasteiger partial charge in [0.25, 0.3) is 0 Å². The quantitative estimate of drug-likeness (QED) is 0.158. The Bertz CT molecular complexity index is 2910. The summed E-state index contributed by atoms with van der Waals surface area (Å²) in [5.41, 5.74) is 12.0. The van der Waals surface area contributed by atoms with Gasteiger partial charge < -0.3 is 9.80 Å². The summed E-state index contributed by atoms with van der Waals surface area (Å²) >= 11 is 0. The second-order valence-electron chi connectivity index (χ2n) is 15.2. The van der Waals surface area contributed by atoms with Crippen LogP contribution in [0.3, 0.4) is 0 Å². The number of hydrogen-bond donors (Lipinski definition) is 0. The number of aryl methyl sites for hydroxylation is 4. The maximum Gasteiger partial charge on any atom is 0.0490 e. The van der Waals surface area contributed by atoms with E-state index in [1.54, 1.807) is 0 Å². The van der Waals surface area contributed by atoms with Gasteiger partial charge in [0.1, 0.15) is 0 Å². The maximum absolute atomic E-state index is 2.41. The zero-order valence-electron chi connectivity index (χ0n) is 32.2. The number of benzene rings is 10. The molecule has 0 amide bonds. The van der Waals surface area contributed by atoms with Crippen LogP contribution >= 0.6 is 0 Å². The smallest absolute Gasteiger partial charge is 0.0490 e. The number of hydrogen-bond acceptors (Lipinski definition) is 2. The van der Waals surface area contributed by atoms with E-state index in [2.05, 4.69) is 219 Å². The van der Waals surface area contributed by atoms with E-state index in [-0.39, 0.29) is 0 Å². The average Bonchev–Trinajstić information content (AvgIpc) is 3.23. The van der Waals surface area contributed by atoms with Gasteiger partial charge in [-0.1, -0.05) is 132 Å². The minimum atomic E-state index is 1.14. The van der Waals surface area contributed by atoms with Crippen molar-refractivity contribution in [1.29, 1.82) is 0 Å². The van der Waals surface area contributed by atoms with Crippen LogP contribution in [0.4, 0.5) is 34.1 Å². The number of nitrogens with zero attached hydrogens (tertiary/aromatic N) is 2. The summed E-state index contributed by atoms with van der Waals surface area (Å²) < 4.78 is 0. The summed E-state index contributed by atoms with van der Waals surface area (Å²) in [5, 5.41) is 12.7. The second kappa shape index (κ2) is 13.4. The highest BCUT2D eigenvalue weighted by Crippen LogP contribution is 2.48. The molecule has 10 aromatic carbocycles. The molecule has 0 unspecified atom stereocenters. The number of fused-ring (bicyclic) bond motifs is 11. The first-order valence-electron chi connectivity index (χ1n) is 19.5. The van der Waals surface area contributed by atoms with Crippen molar-refractivity contribution in [2.24, 2.45) is 0 Å². The first-order valence-corrected chi connectivity index (χ1v) is 19.5. The Balaban J connectivity index is 1.27. The number of anilines is 6. The molecule has 0 N–H and O–H groups in total. The minimum Gasteiger partial charge on any atom is -0.310 e. The molecule has 2 heteroatoms. The molecule has 0 spiro atoms. The first kappa shape index (κ1) is 33.7. The maximum atomic E-state index is 2.41. The molecule has 0 aromatic heterocycles. The SMILES string of the molecule is Cc1ccc(N(c2ccccc2)c2ccc3c(c2)c2ccccc2c2c4ccc(N(c5ccccc5)c5ccc(C)cc5C)cc4c4ccccc4c32)c(C)c1. The van der Waals surface area contributed by atoms with Crippen LogP contribution < -0.4 is 9.80 Å². The third-order valence-corrected chi connectivity index (χ3v) is 11.5. The van der Waals surface area contributed by atoms with E-state index < -0.39 is 0 Å². The Morgan fingerprint density at radius 3 is 1.02 bits per heavy atom. The second-order valence-corrected chi connectivity index (χ2v) is 15.2. The van der Waals surface area contributed by atoms with Gasteiger partial charge in [-0.25, -0.2) is 0 Å². The topological polar surface area (TPSA) is 6.48 Å². The Hall–Kier alpha value is -6.90. The molecule has 0 saturated heterocycles. The lowest BCUT2D eigenvalue weighted by Gasteiger charge is -2.28. The van der Waals surface area contributed by atoms with Gasteiger partial charge in [0.2, 0.25) is 0 Å². The van der Waals surface area contributed by atoms with Gasteiger partial charge in [-0.2, -0.15) is 0 Å². The lowest BCUT2D eigenvalue weighted by molar-refractivity contribution is 1.24. The summed E-state index contributed by atoms with van der Waals surface area (Å²) in [7, 11) is 0. The van der Waals surface area contributed by atoms with Gasteiger partial charge in [-0.05, 0) is 153 Å². The molecule has 0 aliphatic heterocycles. The van der Waals surface area contributed by atoms with Gasteiger partial charge in [0, 0.05) is 34.1 Å².